The number of carbonyl (C=O) groups excluding carboxylic acids is 3. The van der Waals surface area contributed by atoms with Gasteiger partial charge in [-0.2, -0.15) is 0 Å². The van der Waals surface area contributed by atoms with Crippen molar-refractivity contribution in [2.24, 2.45) is 0 Å². The van der Waals surface area contributed by atoms with Crippen LogP contribution in [0, 0.1) is 0 Å². The normalized spacial score (nSPS) is 12.4. The lowest BCUT2D eigenvalue weighted by atomic mass is 10.0. The van der Waals surface area contributed by atoms with Crippen molar-refractivity contribution in [1.29, 1.82) is 0 Å². The highest BCUT2D eigenvalue weighted by Gasteiger charge is 2.19. The summed E-state index contributed by atoms with van der Waals surface area (Å²) in [5.41, 5.74) is 0. The minimum Gasteiger partial charge on any atom is -0.462 e. The highest BCUT2D eigenvalue weighted by Crippen LogP contribution is 2.19. The van der Waals surface area contributed by atoms with Crippen molar-refractivity contribution in [2.75, 3.05) is 13.2 Å². The summed E-state index contributed by atoms with van der Waals surface area (Å²) in [6.07, 6.45) is 91.2. The number of rotatable bonds is 67. The fourth-order valence-electron chi connectivity index (χ4n) is 10.8. The van der Waals surface area contributed by atoms with E-state index in [-0.39, 0.29) is 31.1 Å². The summed E-state index contributed by atoms with van der Waals surface area (Å²) < 4.78 is 17.0. The molecule has 478 valence electrons. The second kappa shape index (κ2) is 70.6. The summed E-state index contributed by atoms with van der Waals surface area (Å²) in [5, 5.41) is 0. The second-order valence-corrected chi connectivity index (χ2v) is 24.5. The van der Waals surface area contributed by atoms with Crippen LogP contribution < -0.4 is 0 Å². The first-order valence-electron chi connectivity index (χ1n) is 36.3. The van der Waals surface area contributed by atoms with Crippen LogP contribution >= 0.6 is 0 Å². The van der Waals surface area contributed by atoms with Gasteiger partial charge in [-0.1, -0.05) is 345 Å². The van der Waals surface area contributed by atoms with Crippen LogP contribution in [0.25, 0.3) is 0 Å². The maximum Gasteiger partial charge on any atom is 0.306 e. The molecule has 0 aliphatic heterocycles. The molecule has 0 radical (unpaired) electrons. The van der Waals surface area contributed by atoms with Crippen molar-refractivity contribution in [3.8, 4) is 0 Å². The highest BCUT2D eigenvalue weighted by atomic mass is 16.6. The average molecular weight is 1150 g/mol. The summed E-state index contributed by atoms with van der Waals surface area (Å²) in [6, 6.07) is 0. The van der Waals surface area contributed by atoms with E-state index in [9.17, 15) is 14.4 Å². The lowest BCUT2D eigenvalue weighted by Gasteiger charge is -2.18. The van der Waals surface area contributed by atoms with Gasteiger partial charge in [-0.15, -0.1) is 0 Å². The van der Waals surface area contributed by atoms with Crippen LogP contribution in [-0.4, -0.2) is 37.2 Å². The van der Waals surface area contributed by atoms with Crippen molar-refractivity contribution >= 4 is 17.9 Å². The molecule has 0 aromatic heterocycles. The Morgan fingerprint density at radius 2 is 0.476 bits per heavy atom. The minimum absolute atomic E-state index is 0.0765. The van der Waals surface area contributed by atoms with E-state index in [1.54, 1.807) is 0 Å². The van der Waals surface area contributed by atoms with E-state index < -0.39 is 6.10 Å². The number of ether oxygens (including phenoxy) is 3. The molecule has 0 heterocycles. The summed E-state index contributed by atoms with van der Waals surface area (Å²) in [7, 11) is 0. The monoisotopic (exact) mass is 1150 g/mol. The molecule has 0 saturated heterocycles. The predicted molar refractivity (Wildman–Crippen MR) is 358 cm³/mol. The first kappa shape index (κ1) is 79.1. The zero-order chi connectivity index (χ0) is 59.2. The van der Waals surface area contributed by atoms with Gasteiger partial charge in [-0.05, 0) is 83.5 Å². The number of allylic oxidation sites excluding steroid dienone is 10. The lowest BCUT2D eigenvalue weighted by Crippen LogP contribution is -2.30. The third-order valence-corrected chi connectivity index (χ3v) is 16.3. The fourth-order valence-corrected chi connectivity index (χ4v) is 10.8. The van der Waals surface area contributed by atoms with Crippen LogP contribution in [0.5, 0.6) is 0 Å². The maximum absolute atomic E-state index is 12.9. The van der Waals surface area contributed by atoms with Gasteiger partial charge in [0.25, 0.3) is 0 Å². The Kier molecular flexibility index (Phi) is 68.1. The van der Waals surface area contributed by atoms with Crippen LogP contribution in [0.4, 0.5) is 0 Å². The maximum atomic E-state index is 12.9. The van der Waals surface area contributed by atoms with Crippen LogP contribution in [0.15, 0.2) is 60.8 Å². The Morgan fingerprint density at radius 3 is 0.768 bits per heavy atom. The summed E-state index contributed by atoms with van der Waals surface area (Å²) >= 11 is 0. The Bertz CT molecular complexity index is 1460. The molecule has 1 unspecified atom stereocenters. The molecule has 0 spiro atoms. The van der Waals surface area contributed by atoms with Gasteiger partial charge in [-0.25, -0.2) is 0 Å². The molecule has 6 nitrogen and oxygen atoms in total. The molecule has 0 rings (SSSR count). The fraction of sp³-hybridized carbons (Fsp3) is 0.829. The Hall–Kier alpha value is -2.89. The number of esters is 3. The van der Waals surface area contributed by atoms with Gasteiger partial charge in [0.1, 0.15) is 13.2 Å². The molecule has 0 aromatic carbocycles. The van der Waals surface area contributed by atoms with E-state index in [1.165, 1.54) is 250 Å². The van der Waals surface area contributed by atoms with Gasteiger partial charge in [0.15, 0.2) is 6.10 Å². The van der Waals surface area contributed by atoms with Crippen LogP contribution in [0.3, 0.4) is 0 Å². The van der Waals surface area contributed by atoms with E-state index in [4.69, 9.17) is 14.2 Å². The first-order valence-corrected chi connectivity index (χ1v) is 36.3. The zero-order valence-electron chi connectivity index (χ0n) is 55.0. The molecule has 0 bridgehead atoms. The average Bonchev–Trinajstić information content (AvgIpc) is 3.47. The van der Waals surface area contributed by atoms with Crippen molar-refractivity contribution in [3.63, 3.8) is 0 Å². The van der Waals surface area contributed by atoms with E-state index in [2.05, 4.69) is 81.5 Å². The van der Waals surface area contributed by atoms with Crippen molar-refractivity contribution in [1.82, 2.24) is 0 Å². The molecule has 0 aliphatic rings. The molecular formula is C76H138O6. The number of carbonyl (C=O) groups is 3. The molecule has 0 aromatic rings. The predicted octanol–water partition coefficient (Wildman–Crippen LogP) is 25.1. The first-order chi connectivity index (χ1) is 40.5. The third kappa shape index (κ3) is 67.9. The van der Waals surface area contributed by atoms with Gasteiger partial charge in [0, 0.05) is 19.3 Å². The molecule has 0 fully saturated rings. The van der Waals surface area contributed by atoms with E-state index >= 15 is 0 Å². The minimum atomic E-state index is -0.782. The van der Waals surface area contributed by atoms with Crippen molar-refractivity contribution in [2.45, 2.75) is 393 Å². The molecule has 6 heteroatoms. The van der Waals surface area contributed by atoms with Crippen molar-refractivity contribution in [3.05, 3.63) is 60.8 Å². The van der Waals surface area contributed by atoms with Gasteiger partial charge in [0.05, 0.1) is 0 Å². The van der Waals surface area contributed by atoms with Crippen LogP contribution in [0.1, 0.15) is 387 Å². The summed E-state index contributed by atoms with van der Waals surface area (Å²) in [4.78, 5) is 38.4. The van der Waals surface area contributed by atoms with E-state index in [0.717, 1.165) is 96.3 Å². The van der Waals surface area contributed by atoms with Gasteiger partial charge < -0.3 is 14.2 Å². The molecule has 1 atom stereocenters. The van der Waals surface area contributed by atoms with Crippen LogP contribution in [-0.2, 0) is 28.6 Å². The molecule has 0 amide bonds. The third-order valence-electron chi connectivity index (χ3n) is 16.3. The van der Waals surface area contributed by atoms with E-state index in [1.807, 2.05) is 0 Å². The summed E-state index contributed by atoms with van der Waals surface area (Å²) in [6.45, 7) is 6.56. The standard InChI is InChI=1S/C76H138O6/c1-4-7-10-13-16-19-22-25-27-29-31-33-34-35-36-37-38-39-40-41-43-44-46-48-51-54-57-60-63-66-69-75(78)81-72-73(71-80-74(77)68-65-62-59-56-53-50-24-21-18-15-12-9-6-3)82-76(79)70-67-64-61-58-55-52-49-47-45-42-32-30-28-26-23-20-17-14-11-8-5-2/h8,11,17,20-21,24,26,28,32,42,73H,4-7,9-10,12-16,18-19,22-23,25,27,29-31,33-41,43-72H2,1-3H3/b11-8-,20-17-,24-21-,28-26-,42-32-. The molecule has 0 N–H and O–H groups in total. The van der Waals surface area contributed by atoms with Crippen molar-refractivity contribution < 1.29 is 28.6 Å². The lowest BCUT2D eigenvalue weighted by molar-refractivity contribution is -0.167. The Labute approximate surface area is 510 Å². The Morgan fingerprint density at radius 1 is 0.256 bits per heavy atom. The molecular weight excluding hydrogens is 1010 g/mol. The van der Waals surface area contributed by atoms with E-state index in [0.29, 0.717) is 19.3 Å². The SMILES string of the molecule is CC/C=C\C/C=C\C/C=C\C/C=C\CCCCCCCCCCC(=O)OC(COC(=O)CCCCCCC/C=C\CCCCCC)COC(=O)CCCCCCCCCCCCCCCCCCCCCCCCCCCCCCCC. The summed E-state index contributed by atoms with van der Waals surface area (Å²) in [5.74, 6) is -0.871. The van der Waals surface area contributed by atoms with Crippen LogP contribution in [0.2, 0.25) is 0 Å². The Balaban J connectivity index is 4.19. The van der Waals surface area contributed by atoms with Gasteiger partial charge >= 0.3 is 17.9 Å². The second-order valence-electron chi connectivity index (χ2n) is 24.5. The smallest absolute Gasteiger partial charge is 0.306 e. The quantitative estimate of drug-likeness (QED) is 0.0261. The topological polar surface area (TPSA) is 78.9 Å². The largest absolute Gasteiger partial charge is 0.462 e. The highest BCUT2D eigenvalue weighted by molar-refractivity contribution is 5.71. The van der Waals surface area contributed by atoms with Gasteiger partial charge in [0.2, 0.25) is 0 Å². The molecule has 82 heavy (non-hydrogen) atoms. The number of hydrogen-bond acceptors (Lipinski definition) is 6. The zero-order valence-corrected chi connectivity index (χ0v) is 55.0. The molecule has 0 saturated carbocycles. The number of unbranched alkanes of at least 4 members (excludes halogenated alkanes) is 46. The van der Waals surface area contributed by atoms with Gasteiger partial charge in [-0.3, -0.25) is 14.4 Å². The number of hydrogen-bond donors (Lipinski definition) is 0. The molecule has 0 aliphatic carbocycles.